The summed E-state index contributed by atoms with van der Waals surface area (Å²) >= 11 is 0. The van der Waals surface area contributed by atoms with Crippen molar-refractivity contribution in [3.8, 4) is 0 Å². The van der Waals surface area contributed by atoms with Gasteiger partial charge < -0.3 is 33.5 Å². The molecule has 1 saturated heterocycles. The van der Waals surface area contributed by atoms with Gasteiger partial charge in [0.1, 0.15) is 35.9 Å². The second kappa shape index (κ2) is 12.3. The Kier molecular flexibility index (Phi) is 9.22. The first-order valence-corrected chi connectivity index (χ1v) is 14.4. The van der Waals surface area contributed by atoms with Crippen LogP contribution in [-0.2, 0) is 47.6 Å². The molecule has 13 nitrogen and oxygen atoms in total. The fraction of sp³-hybridized carbons (Fsp3) is 0.613. The first-order chi connectivity index (χ1) is 20.6. The monoisotopic (exact) mass is 617 g/mol. The number of aliphatic hydroxyl groups is 1. The molecule has 0 radical (unpaired) electrons. The molecule has 1 spiro atoms. The maximum absolute atomic E-state index is 13.6. The van der Waals surface area contributed by atoms with Gasteiger partial charge in [0.2, 0.25) is 0 Å². The predicted octanol–water partition coefficient (Wildman–Crippen LogP) is 2.23. The highest BCUT2D eigenvalue weighted by atomic mass is 16.6. The molecule has 0 amide bonds. The summed E-state index contributed by atoms with van der Waals surface area (Å²) in [6.07, 6.45) is -2.57. The number of fused-ring (bicyclic) bond motifs is 1. The number of rotatable bonds is 8. The lowest BCUT2D eigenvalue weighted by Gasteiger charge is -2.62. The summed E-state index contributed by atoms with van der Waals surface area (Å²) in [7, 11) is 0. The molecule has 1 N–H and O–H groups in total. The molecular formula is C31H39NO12. The van der Waals surface area contributed by atoms with Crippen molar-refractivity contribution in [2.45, 2.75) is 103 Å². The summed E-state index contributed by atoms with van der Waals surface area (Å²) in [5, 5.41) is 12.0. The minimum atomic E-state index is -1.99. The molecule has 2 heterocycles. The fourth-order valence-electron chi connectivity index (χ4n) is 7.13. The molecule has 1 aromatic rings. The molecule has 8 atom stereocenters. The highest BCUT2D eigenvalue weighted by Gasteiger charge is 2.85. The maximum atomic E-state index is 13.6. The summed E-state index contributed by atoms with van der Waals surface area (Å²) in [4.78, 5) is 68.6. The Hall–Kier alpha value is -3.84. The number of hydrogen-bond acceptors (Lipinski definition) is 13. The Balaban J connectivity index is 2.07. The minimum absolute atomic E-state index is 0.0102. The second-order valence-electron chi connectivity index (χ2n) is 12.0. The van der Waals surface area contributed by atoms with Crippen LogP contribution in [0.25, 0.3) is 0 Å². The molecule has 3 aliphatic rings. The number of esters is 5. The minimum Gasteiger partial charge on any atom is -0.465 e. The van der Waals surface area contributed by atoms with Crippen LogP contribution in [0.1, 0.15) is 71.7 Å². The van der Waals surface area contributed by atoms with E-state index in [1.807, 2.05) is 0 Å². The average molecular weight is 618 g/mol. The molecule has 1 aromatic heterocycles. The normalized spacial score (nSPS) is 33.8. The SMILES string of the molecule is C/C=C(\C)C(=O)O[C@@H]1[C@H](OC(C)=O)C2[C@@H](OC(=O)c3cccnc3)C3(OC2(C)C)[C@@H](O)CC[C@H](OC(C)=O)[C@@]13COC(C)=O. The molecule has 2 saturated carbocycles. The van der Waals surface area contributed by atoms with E-state index in [-0.39, 0.29) is 24.0 Å². The van der Waals surface area contributed by atoms with Crippen molar-refractivity contribution >= 4 is 29.8 Å². The highest BCUT2D eigenvalue weighted by Crippen LogP contribution is 2.67. The van der Waals surface area contributed by atoms with Crippen LogP contribution in [0.4, 0.5) is 0 Å². The zero-order valence-corrected chi connectivity index (χ0v) is 25.9. The Morgan fingerprint density at radius 2 is 1.66 bits per heavy atom. The Labute approximate surface area is 255 Å². The molecular weight excluding hydrogens is 578 g/mol. The van der Waals surface area contributed by atoms with Gasteiger partial charge in [-0.05, 0) is 52.7 Å². The fourth-order valence-corrected chi connectivity index (χ4v) is 7.13. The quantitative estimate of drug-likeness (QED) is 0.256. The van der Waals surface area contributed by atoms with E-state index < -0.39 is 89.5 Å². The molecule has 240 valence electrons. The number of ether oxygens (including phenoxy) is 6. The van der Waals surface area contributed by atoms with Crippen molar-refractivity contribution in [2.75, 3.05) is 6.61 Å². The van der Waals surface area contributed by atoms with E-state index >= 15 is 0 Å². The summed E-state index contributed by atoms with van der Waals surface area (Å²) < 4.78 is 36.3. The van der Waals surface area contributed by atoms with Gasteiger partial charge in [0.25, 0.3) is 0 Å². The smallest absolute Gasteiger partial charge is 0.340 e. The first-order valence-electron chi connectivity index (χ1n) is 14.4. The highest BCUT2D eigenvalue weighted by molar-refractivity contribution is 5.89. The second-order valence-corrected chi connectivity index (χ2v) is 12.0. The average Bonchev–Trinajstić information content (AvgIpc) is 3.15. The van der Waals surface area contributed by atoms with Gasteiger partial charge >= 0.3 is 29.8 Å². The van der Waals surface area contributed by atoms with Gasteiger partial charge in [-0.3, -0.25) is 19.4 Å². The van der Waals surface area contributed by atoms with E-state index in [2.05, 4.69) is 4.98 Å². The number of hydrogen-bond donors (Lipinski definition) is 1. The number of pyridine rings is 1. The van der Waals surface area contributed by atoms with E-state index in [1.54, 1.807) is 26.8 Å². The van der Waals surface area contributed by atoms with Crippen LogP contribution in [0, 0.1) is 11.3 Å². The standard InChI is InChI=1S/C31H39NO12/c1-8-16(2)27(37)43-26-24(41-19(5)35)23-25(42-28(38)20-10-9-13-32-14-20)31(44-29(23,6)7)21(36)11-12-22(40-18(4)34)30(26,31)15-39-17(3)33/h8-10,13-14,21-26,36H,11-12,15H2,1-7H3/b16-8+/t21-,22-,23?,24+,25+,26+,30-,31?/m0/s1. The van der Waals surface area contributed by atoms with Crippen molar-refractivity contribution in [1.82, 2.24) is 4.98 Å². The third kappa shape index (κ3) is 5.47. The van der Waals surface area contributed by atoms with Gasteiger partial charge in [0.05, 0.1) is 23.2 Å². The van der Waals surface area contributed by atoms with Crippen LogP contribution in [0.2, 0.25) is 0 Å². The first kappa shape index (κ1) is 33.1. The van der Waals surface area contributed by atoms with Crippen molar-refractivity contribution < 1.29 is 57.5 Å². The van der Waals surface area contributed by atoms with Crippen LogP contribution in [0.15, 0.2) is 36.2 Å². The number of aliphatic hydroxyl groups excluding tert-OH is 1. The van der Waals surface area contributed by atoms with E-state index in [0.29, 0.717) is 0 Å². The summed E-state index contributed by atoms with van der Waals surface area (Å²) in [6.45, 7) is 9.35. The lowest BCUT2D eigenvalue weighted by molar-refractivity contribution is -0.325. The van der Waals surface area contributed by atoms with E-state index in [9.17, 15) is 29.1 Å². The molecule has 1 aliphatic heterocycles. The van der Waals surface area contributed by atoms with Gasteiger partial charge in [-0.1, -0.05) is 6.08 Å². The molecule has 2 unspecified atom stereocenters. The van der Waals surface area contributed by atoms with E-state index in [1.165, 1.54) is 38.4 Å². The lowest BCUT2D eigenvalue weighted by atomic mass is 9.49. The van der Waals surface area contributed by atoms with Gasteiger partial charge in [-0.15, -0.1) is 0 Å². The molecule has 0 aromatic carbocycles. The maximum Gasteiger partial charge on any atom is 0.340 e. The molecule has 2 aliphatic carbocycles. The number of carbonyl (C=O) groups is 5. The van der Waals surface area contributed by atoms with Crippen LogP contribution < -0.4 is 0 Å². The molecule has 13 heteroatoms. The molecule has 2 bridgehead atoms. The molecule has 44 heavy (non-hydrogen) atoms. The Morgan fingerprint density at radius 3 is 2.23 bits per heavy atom. The van der Waals surface area contributed by atoms with E-state index in [4.69, 9.17) is 28.4 Å². The molecule has 3 fully saturated rings. The summed E-state index contributed by atoms with van der Waals surface area (Å²) in [5.74, 6) is -4.85. The van der Waals surface area contributed by atoms with Crippen LogP contribution in [0.3, 0.4) is 0 Å². The lowest BCUT2D eigenvalue weighted by Crippen LogP contribution is -2.80. The van der Waals surface area contributed by atoms with Gasteiger partial charge in [-0.2, -0.15) is 0 Å². The number of carbonyl (C=O) groups excluding carboxylic acids is 5. The van der Waals surface area contributed by atoms with E-state index in [0.717, 1.165) is 13.8 Å². The number of nitrogens with zero attached hydrogens (tertiary/aromatic N) is 1. The Morgan fingerprint density at radius 1 is 0.977 bits per heavy atom. The van der Waals surface area contributed by atoms with Crippen LogP contribution >= 0.6 is 0 Å². The van der Waals surface area contributed by atoms with Crippen molar-refractivity contribution in [2.24, 2.45) is 11.3 Å². The van der Waals surface area contributed by atoms with Crippen molar-refractivity contribution in [3.05, 3.63) is 41.7 Å². The van der Waals surface area contributed by atoms with Crippen molar-refractivity contribution in [3.63, 3.8) is 0 Å². The van der Waals surface area contributed by atoms with Crippen LogP contribution in [-0.4, -0.2) is 88.3 Å². The summed E-state index contributed by atoms with van der Waals surface area (Å²) in [5.41, 5.74) is -4.93. The van der Waals surface area contributed by atoms with Gasteiger partial charge in [0.15, 0.2) is 6.10 Å². The number of allylic oxidation sites excluding steroid dienone is 1. The summed E-state index contributed by atoms with van der Waals surface area (Å²) in [6, 6.07) is 3.03. The Bertz CT molecular complexity index is 1340. The van der Waals surface area contributed by atoms with Crippen LogP contribution in [0.5, 0.6) is 0 Å². The third-order valence-corrected chi connectivity index (χ3v) is 8.89. The zero-order chi connectivity index (χ0) is 32.6. The largest absolute Gasteiger partial charge is 0.465 e. The zero-order valence-electron chi connectivity index (χ0n) is 25.9. The number of aromatic nitrogens is 1. The molecule has 4 rings (SSSR count). The topological polar surface area (TPSA) is 174 Å². The van der Waals surface area contributed by atoms with Crippen molar-refractivity contribution in [1.29, 1.82) is 0 Å². The van der Waals surface area contributed by atoms with Gasteiger partial charge in [0, 0.05) is 38.7 Å². The van der Waals surface area contributed by atoms with Gasteiger partial charge in [-0.25, -0.2) is 9.59 Å². The predicted molar refractivity (Wildman–Crippen MR) is 150 cm³/mol. The third-order valence-electron chi connectivity index (χ3n) is 8.89.